The number of benzene rings is 2. The van der Waals surface area contributed by atoms with Gasteiger partial charge in [0.2, 0.25) is 11.8 Å². The maximum Gasteiger partial charge on any atom is 0.249 e. The fraction of sp³-hybridized carbons (Fsp3) is 0.105. The number of fused-ring (bicyclic) bond motifs is 1. The molecule has 0 radical (unpaired) electrons. The smallest absolute Gasteiger partial charge is 0.249 e. The van der Waals surface area contributed by atoms with Crippen molar-refractivity contribution >= 4 is 46.5 Å². The Hall–Kier alpha value is -2.90. The van der Waals surface area contributed by atoms with Gasteiger partial charge in [0.15, 0.2) is 0 Å². The van der Waals surface area contributed by atoms with Crippen LogP contribution in [0.25, 0.3) is 11.3 Å². The molecule has 2 aromatic carbocycles. The second-order valence-electron chi connectivity index (χ2n) is 6.23. The minimum atomic E-state index is -0.868. The second kappa shape index (κ2) is 7.26. The van der Waals surface area contributed by atoms with E-state index in [9.17, 15) is 14.0 Å². The number of nitrogens with zero attached hydrogens (tertiary/aromatic N) is 2. The lowest BCUT2D eigenvalue weighted by atomic mass is 10.1. The number of aromatic nitrogens is 2. The number of hydrogen-bond donors (Lipinski definition) is 2. The molecule has 3 aromatic rings. The van der Waals surface area contributed by atoms with E-state index < -0.39 is 11.9 Å². The Morgan fingerprint density at radius 2 is 1.96 bits per heavy atom. The third-order valence-electron chi connectivity index (χ3n) is 4.33. The summed E-state index contributed by atoms with van der Waals surface area (Å²) in [5, 5.41) is 10.3. The second-order valence-corrected chi connectivity index (χ2v) is 7.01. The van der Waals surface area contributed by atoms with Gasteiger partial charge in [0.05, 0.1) is 27.8 Å². The quantitative estimate of drug-likeness (QED) is 0.656. The standard InChI is InChI=1S/C19H13Cl2FN4O2/c20-12-2-1-3-13(18(12)21)23-19(28)15-9-17(27)24-16-8-14(25-26(15)16)10-4-6-11(22)7-5-10/h1-8,15H,9H2,(H,23,28)(H,24,27)/t15-/m0/s1. The van der Waals surface area contributed by atoms with Gasteiger partial charge in [-0.15, -0.1) is 0 Å². The topological polar surface area (TPSA) is 76.0 Å². The molecule has 6 nitrogen and oxygen atoms in total. The predicted octanol–water partition coefficient (Wildman–Crippen LogP) is 4.52. The zero-order chi connectivity index (χ0) is 19.8. The molecule has 0 unspecified atom stereocenters. The third kappa shape index (κ3) is 3.46. The van der Waals surface area contributed by atoms with Crippen molar-refractivity contribution in [1.82, 2.24) is 9.78 Å². The average molecular weight is 419 g/mol. The molecule has 9 heteroatoms. The van der Waals surface area contributed by atoms with E-state index in [1.807, 2.05) is 0 Å². The Bertz CT molecular complexity index is 1080. The number of rotatable bonds is 3. The number of halogens is 3. The molecule has 0 fully saturated rings. The van der Waals surface area contributed by atoms with E-state index in [1.165, 1.54) is 16.8 Å². The molecule has 2 amide bonds. The molecule has 2 heterocycles. The SMILES string of the molecule is O=C1C[C@@H](C(=O)Nc2cccc(Cl)c2Cl)n2nc(-c3ccc(F)cc3)cc2N1. The Morgan fingerprint density at radius 3 is 2.71 bits per heavy atom. The van der Waals surface area contributed by atoms with Crippen molar-refractivity contribution in [1.29, 1.82) is 0 Å². The Morgan fingerprint density at radius 1 is 1.21 bits per heavy atom. The van der Waals surface area contributed by atoms with Crippen LogP contribution in [0, 0.1) is 5.82 Å². The average Bonchev–Trinajstić information content (AvgIpc) is 3.09. The molecule has 0 bridgehead atoms. The number of nitrogens with one attached hydrogen (secondary N) is 2. The summed E-state index contributed by atoms with van der Waals surface area (Å²) in [6.07, 6.45) is -0.0818. The number of carbonyl (C=O) groups is 2. The van der Waals surface area contributed by atoms with Crippen LogP contribution in [0.4, 0.5) is 15.9 Å². The summed E-state index contributed by atoms with van der Waals surface area (Å²) in [7, 11) is 0. The lowest BCUT2D eigenvalue weighted by molar-refractivity contribution is -0.125. The first kappa shape index (κ1) is 18.5. The van der Waals surface area contributed by atoms with Gasteiger partial charge in [0.25, 0.3) is 0 Å². The summed E-state index contributed by atoms with van der Waals surface area (Å²) in [5.41, 5.74) is 1.52. The van der Waals surface area contributed by atoms with E-state index in [0.29, 0.717) is 27.8 Å². The van der Waals surface area contributed by atoms with Crippen molar-refractivity contribution in [2.75, 3.05) is 10.6 Å². The molecule has 0 spiro atoms. The molecule has 1 aliphatic heterocycles. The molecular weight excluding hydrogens is 406 g/mol. The maximum absolute atomic E-state index is 13.2. The molecular formula is C19H13Cl2FN4O2. The predicted molar refractivity (Wildman–Crippen MR) is 105 cm³/mol. The van der Waals surface area contributed by atoms with Crippen molar-refractivity contribution in [3.8, 4) is 11.3 Å². The minimum Gasteiger partial charge on any atom is -0.323 e. The first-order valence-corrected chi connectivity index (χ1v) is 9.08. The van der Waals surface area contributed by atoms with Crippen molar-refractivity contribution in [3.63, 3.8) is 0 Å². The van der Waals surface area contributed by atoms with Gasteiger partial charge in [-0.05, 0) is 36.4 Å². The fourth-order valence-corrected chi connectivity index (χ4v) is 3.31. The summed E-state index contributed by atoms with van der Waals surface area (Å²) < 4.78 is 14.6. The summed E-state index contributed by atoms with van der Waals surface area (Å²) in [6, 6.07) is 11.4. The van der Waals surface area contributed by atoms with E-state index in [4.69, 9.17) is 23.2 Å². The van der Waals surface area contributed by atoms with E-state index >= 15 is 0 Å². The number of hydrogen-bond acceptors (Lipinski definition) is 3. The van der Waals surface area contributed by atoms with Crippen LogP contribution < -0.4 is 10.6 Å². The van der Waals surface area contributed by atoms with Gasteiger partial charge < -0.3 is 10.6 Å². The van der Waals surface area contributed by atoms with Crippen LogP contribution in [0.15, 0.2) is 48.5 Å². The summed E-state index contributed by atoms with van der Waals surface area (Å²) in [5.74, 6) is -0.742. The van der Waals surface area contributed by atoms with Crippen LogP contribution in [-0.4, -0.2) is 21.6 Å². The molecule has 2 N–H and O–H groups in total. The zero-order valence-electron chi connectivity index (χ0n) is 14.2. The van der Waals surface area contributed by atoms with Gasteiger partial charge in [-0.3, -0.25) is 9.59 Å². The lowest BCUT2D eigenvalue weighted by Gasteiger charge is -2.23. The molecule has 28 heavy (non-hydrogen) atoms. The highest BCUT2D eigenvalue weighted by molar-refractivity contribution is 6.44. The maximum atomic E-state index is 13.2. The van der Waals surface area contributed by atoms with E-state index in [-0.39, 0.29) is 23.2 Å². The van der Waals surface area contributed by atoms with Crippen molar-refractivity contribution in [2.45, 2.75) is 12.5 Å². The molecule has 1 atom stereocenters. The van der Waals surface area contributed by atoms with E-state index in [0.717, 1.165) is 0 Å². The van der Waals surface area contributed by atoms with E-state index in [1.54, 1.807) is 36.4 Å². The molecule has 1 aliphatic rings. The molecule has 0 saturated carbocycles. The largest absolute Gasteiger partial charge is 0.323 e. The van der Waals surface area contributed by atoms with Gasteiger partial charge in [-0.25, -0.2) is 9.07 Å². The van der Waals surface area contributed by atoms with Crippen molar-refractivity contribution in [2.24, 2.45) is 0 Å². The summed E-state index contributed by atoms with van der Waals surface area (Å²) >= 11 is 12.1. The van der Waals surface area contributed by atoms with Crippen LogP contribution in [0.3, 0.4) is 0 Å². The molecule has 142 valence electrons. The van der Waals surface area contributed by atoms with Gasteiger partial charge in [-0.1, -0.05) is 29.3 Å². The lowest BCUT2D eigenvalue weighted by Crippen LogP contribution is -2.35. The van der Waals surface area contributed by atoms with Crippen LogP contribution >= 0.6 is 23.2 Å². The summed E-state index contributed by atoms with van der Waals surface area (Å²) in [6.45, 7) is 0. The van der Waals surface area contributed by atoms with Crippen LogP contribution in [0.5, 0.6) is 0 Å². The minimum absolute atomic E-state index is 0.0818. The monoisotopic (exact) mass is 418 g/mol. The Labute approximate surface area is 169 Å². The first-order valence-electron chi connectivity index (χ1n) is 8.32. The fourth-order valence-electron chi connectivity index (χ4n) is 2.96. The van der Waals surface area contributed by atoms with Crippen LogP contribution in [0.2, 0.25) is 10.0 Å². The number of anilines is 2. The first-order chi connectivity index (χ1) is 13.4. The molecule has 1 aromatic heterocycles. The Balaban J connectivity index is 1.66. The molecule has 0 saturated heterocycles. The third-order valence-corrected chi connectivity index (χ3v) is 5.15. The highest BCUT2D eigenvalue weighted by atomic mass is 35.5. The normalized spacial score (nSPS) is 15.7. The van der Waals surface area contributed by atoms with Gasteiger partial charge in [0, 0.05) is 11.6 Å². The van der Waals surface area contributed by atoms with Gasteiger partial charge >= 0.3 is 0 Å². The van der Waals surface area contributed by atoms with Crippen LogP contribution in [-0.2, 0) is 9.59 Å². The number of carbonyl (C=O) groups excluding carboxylic acids is 2. The van der Waals surface area contributed by atoms with E-state index in [2.05, 4.69) is 15.7 Å². The highest BCUT2D eigenvalue weighted by Crippen LogP contribution is 2.33. The molecule has 0 aliphatic carbocycles. The molecule has 4 rings (SSSR count). The zero-order valence-corrected chi connectivity index (χ0v) is 15.8. The van der Waals surface area contributed by atoms with Gasteiger partial charge in [-0.2, -0.15) is 5.10 Å². The Kier molecular flexibility index (Phi) is 4.78. The van der Waals surface area contributed by atoms with Crippen LogP contribution in [0.1, 0.15) is 12.5 Å². The number of amides is 2. The highest BCUT2D eigenvalue weighted by Gasteiger charge is 2.32. The summed E-state index contributed by atoms with van der Waals surface area (Å²) in [4.78, 5) is 24.9. The van der Waals surface area contributed by atoms with Crippen molar-refractivity contribution < 1.29 is 14.0 Å². The van der Waals surface area contributed by atoms with Gasteiger partial charge in [0.1, 0.15) is 17.7 Å². The van der Waals surface area contributed by atoms with Crippen molar-refractivity contribution in [3.05, 3.63) is 64.4 Å².